The Morgan fingerprint density at radius 1 is 1.15 bits per heavy atom. The van der Waals surface area contributed by atoms with Gasteiger partial charge in [0.05, 0.1) is 24.3 Å². The van der Waals surface area contributed by atoms with E-state index in [1.165, 1.54) is 5.56 Å². The van der Waals surface area contributed by atoms with E-state index in [0.717, 1.165) is 50.7 Å². The highest BCUT2D eigenvalue weighted by Crippen LogP contribution is 2.26. The van der Waals surface area contributed by atoms with Gasteiger partial charge in [-0.2, -0.15) is 5.26 Å². The first-order valence-electron chi connectivity index (χ1n) is 9.17. The van der Waals surface area contributed by atoms with E-state index in [0.29, 0.717) is 12.5 Å². The normalized spacial score (nSPS) is 23.7. The minimum absolute atomic E-state index is 0.247. The van der Waals surface area contributed by atoms with Crippen molar-refractivity contribution in [1.29, 1.82) is 5.26 Å². The Morgan fingerprint density at radius 2 is 2.04 bits per heavy atom. The largest absolute Gasteiger partial charge is 0.375 e. The number of ether oxygens (including phenoxy) is 1. The van der Waals surface area contributed by atoms with E-state index in [2.05, 4.69) is 31.9 Å². The molecule has 26 heavy (non-hydrogen) atoms. The summed E-state index contributed by atoms with van der Waals surface area (Å²) < 4.78 is 6.18. The molecule has 2 atom stereocenters. The number of hydrogen-bond acceptors (Lipinski definition) is 6. The summed E-state index contributed by atoms with van der Waals surface area (Å²) in [6.45, 7) is 5.34. The van der Waals surface area contributed by atoms with E-state index >= 15 is 0 Å². The van der Waals surface area contributed by atoms with Crippen LogP contribution >= 0.6 is 0 Å². The van der Waals surface area contributed by atoms with Gasteiger partial charge in [-0.15, -0.1) is 0 Å². The number of likely N-dealkylation sites (tertiary alicyclic amines) is 1. The van der Waals surface area contributed by atoms with Crippen LogP contribution in [0.4, 0.5) is 5.95 Å². The van der Waals surface area contributed by atoms with E-state index in [1.807, 2.05) is 24.3 Å². The number of nitrogens with zero attached hydrogens (tertiary/aromatic N) is 5. The van der Waals surface area contributed by atoms with Crippen LogP contribution < -0.4 is 4.90 Å². The van der Waals surface area contributed by atoms with Crippen LogP contribution in [0.1, 0.15) is 17.5 Å². The Bertz CT molecular complexity index is 775. The van der Waals surface area contributed by atoms with Crippen molar-refractivity contribution in [3.05, 3.63) is 53.9 Å². The topological polar surface area (TPSA) is 65.3 Å². The molecule has 134 valence electrons. The quantitative estimate of drug-likeness (QED) is 0.845. The summed E-state index contributed by atoms with van der Waals surface area (Å²) in [5.74, 6) is 1.30. The van der Waals surface area contributed by atoms with Gasteiger partial charge in [0.2, 0.25) is 5.95 Å². The lowest BCUT2D eigenvalue weighted by molar-refractivity contribution is -0.0239. The fourth-order valence-electron chi connectivity index (χ4n) is 3.89. The molecule has 2 fully saturated rings. The highest BCUT2D eigenvalue weighted by atomic mass is 16.5. The second-order valence-corrected chi connectivity index (χ2v) is 7.00. The van der Waals surface area contributed by atoms with Crippen LogP contribution in [-0.2, 0) is 11.3 Å². The zero-order valence-electron chi connectivity index (χ0n) is 14.8. The summed E-state index contributed by atoms with van der Waals surface area (Å²) in [6.07, 6.45) is 4.94. The van der Waals surface area contributed by atoms with Crippen molar-refractivity contribution in [2.24, 2.45) is 5.92 Å². The number of piperidine rings is 1. The first kappa shape index (κ1) is 17.0. The lowest BCUT2D eigenvalue weighted by Gasteiger charge is -2.38. The molecule has 0 unspecified atom stereocenters. The summed E-state index contributed by atoms with van der Waals surface area (Å²) in [7, 11) is 0. The average Bonchev–Trinajstić information content (AvgIpc) is 2.91. The summed E-state index contributed by atoms with van der Waals surface area (Å²) in [6, 6.07) is 11.9. The zero-order valence-corrected chi connectivity index (χ0v) is 14.8. The highest BCUT2D eigenvalue weighted by molar-refractivity contribution is 5.33. The van der Waals surface area contributed by atoms with Gasteiger partial charge in [0.25, 0.3) is 0 Å². The molecule has 0 bridgehead atoms. The van der Waals surface area contributed by atoms with Crippen molar-refractivity contribution in [2.75, 3.05) is 37.7 Å². The maximum Gasteiger partial charge on any atom is 0.225 e. The van der Waals surface area contributed by atoms with Gasteiger partial charge in [-0.05, 0) is 36.7 Å². The molecule has 2 saturated heterocycles. The van der Waals surface area contributed by atoms with Crippen LogP contribution in [0.15, 0.2) is 42.7 Å². The standard InChI is InChI=1S/C20H23N5O/c21-12-16-3-1-4-17(11-16)13-24-8-5-18-14-25(9-10-26-19(18)15-24)20-22-6-2-7-23-20/h1-4,6-7,11,18-19H,5,8-10,13-15H2/t18-,19-/m1/s1. The van der Waals surface area contributed by atoms with Gasteiger partial charge in [-0.3, -0.25) is 4.90 Å². The van der Waals surface area contributed by atoms with Crippen LogP contribution in [0, 0.1) is 17.2 Å². The van der Waals surface area contributed by atoms with E-state index in [-0.39, 0.29) is 6.10 Å². The van der Waals surface area contributed by atoms with Crippen molar-refractivity contribution in [3.63, 3.8) is 0 Å². The fourth-order valence-corrected chi connectivity index (χ4v) is 3.89. The molecular formula is C20H23N5O. The number of fused-ring (bicyclic) bond motifs is 1. The van der Waals surface area contributed by atoms with Gasteiger partial charge in [0.15, 0.2) is 0 Å². The first-order chi connectivity index (χ1) is 12.8. The summed E-state index contributed by atoms with van der Waals surface area (Å²) in [4.78, 5) is 13.5. The fraction of sp³-hybridized carbons (Fsp3) is 0.450. The molecule has 0 spiro atoms. The number of aromatic nitrogens is 2. The van der Waals surface area contributed by atoms with Gasteiger partial charge in [-0.25, -0.2) is 9.97 Å². The molecule has 0 radical (unpaired) electrons. The van der Waals surface area contributed by atoms with Gasteiger partial charge < -0.3 is 9.64 Å². The number of nitriles is 1. The predicted molar refractivity (Wildman–Crippen MR) is 98.5 cm³/mol. The van der Waals surface area contributed by atoms with E-state index in [9.17, 15) is 0 Å². The summed E-state index contributed by atoms with van der Waals surface area (Å²) >= 11 is 0. The molecule has 2 aromatic rings. The van der Waals surface area contributed by atoms with Gasteiger partial charge in [-0.1, -0.05) is 12.1 Å². The summed E-state index contributed by atoms with van der Waals surface area (Å²) in [5.41, 5.74) is 1.91. The molecule has 0 amide bonds. The Balaban J connectivity index is 1.39. The number of hydrogen-bond donors (Lipinski definition) is 0. The molecule has 1 aromatic carbocycles. The number of anilines is 1. The first-order valence-corrected chi connectivity index (χ1v) is 9.17. The van der Waals surface area contributed by atoms with Crippen LogP contribution in [0.25, 0.3) is 0 Å². The lowest BCUT2D eigenvalue weighted by Crippen LogP contribution is -2.46. The molecule has 6 heteroatoms. The third-order valence-electron chi connectivity index (χ3n) is 5.23. The Hall–Kier alpha value is -2.49. The zero-order chi connectivity index (χ0) is 17.8. The second-order valence-electron chi connectivity index (χ2n) is 7.00. The van der Waals surface area contributed by atoms with Crippen LogP contribution in [0.3, 0.4) is 0 Å². The SMILES string of the molecule is N#Cc1cccc(CN2CC[C@@H]3CN(c4ncccn4)CCO[C@@H]3C2)c1. The van der Waals surface area contributed by atoms with Crippen molar-refractivity contribution in [3.8, 4) is 6.07 Å². The van der Waals surface area contributed by atoms with Crippen LogP contribution in [0.2, 0.25) is 0 Å². The summed E-state index contributed by atoms with van der Waals surface area (Å²) in [5, 5.41) is 9.07. The molecule has 2 aliphatic rings. The number of benzene rings is 1. The molecule has 6 nitrogen and oxygen atoms in total. The minimum atomic E-state index is 0.247. The Kier molecular flexibility index (Phi) is 5.09. The van der Waals surface area contributed by atoms with Crippen molar-refractivity contribution in [1.82, 2.24) is 14.9 Å². The van der Waals surface area contributed by atoms with Crippen molar-refractivity contribution >= 4 is 5.95 Å². The predicted octanol–water partition coefficient (Wildman–Crippen LogP) is 2.08. The second kappa shape index (κ2) is 7.81. The maximum absolute atomic E-state index is 9.07. The highest BCUT2D eigenvalue weighted by Gasteiger charge is 2.34. The lowest BCUT2D eigenvalue weighted by atomic mass is 9.93. The Labute approximate surface area is 154 Å². The monoisotopic (exact) mass is 349 g/mol. The average molecular weight is 349 g/mol. The van der Waals surface area contributed by atoms with Gasteiger partial charge >= 0.3 is 0 Å². The van der Waals surface area contributed by atoms with Crippen molar-refractivity contribution < 1.29 is 4.74 Å². The van der Waals surface area contributed by atoms with E-state index in [1.54, 1.807) is 12.4 Å². The molecule has 1 aromatic heterocycles. The Morgan fingerprint density at radius 3 is 2.88 bits per heavy atom. The number of rotatable bonds is 3. The maximum atomic E-state index is 9.07. The molecule has 4 rings (SSSR count). The van der Waals surface area contributed by atoms with Gasteiger partial charge in [0, 0.05) is 44.5 Å². The third-order valence-corrected chi connectivity index (χ3v) is 5.23. The molecule has 0 N–H and O–H groups in total. The van der Waals surface area contributed by atoms with Crippen LogP contribution in [-0.4, -0.2) is 53.8 Å². The van der Waals surface area contributed by atoms with Crippen molar-refractivity contribution in [2.45, 2.75) is 19.1 Å². The van der Waals surface area contributed by atoms with Gasteiger partial charge in [0.1, 0.15) is 0 Å². The smallest absolute Gasteiger partial charge is 0.225 e. The molecule has 2 aliphatic heterocycles. The molecule has 0 aliphatic carbocycles. The van der Waals surface area contributed by atoms with E-state index < -0.39 is 0 Å². The third kappa shape index (κ3) is 3.85. The van der Waals surface area contributed by atoms with E-state index in [4.69, 9.17) is 10.00 Å². The molecule has 0 saturated carbocycles. The minimum Gasteiger partial charge on any atom is -0.375 e. The molecule has 3 heterocycles. The molecular weight excluding hydrogens is 326 g/mol. The van der Waals surface area contributed by atoms with Crippen LogP contribution in [0.5, 0.6) is 0 Å².